The number of nitrogens with one attached hydrogen (secondary N) is 2. The zero-order valence-corrected chi connectivity index (χ0v) is 15.5. The minimum Gasteiger partial charge on any atom is -0.444 e. The van der Waals surface area contributed by atoms with E-state index in [1.165, 1.54) is 6.26 Å². The van der Waals surface area contributed by atoms with Gasteiger partial charge in [-0.3, -0.25) is 0 Å². The van der Waals surface area contributed by atoms with Gasteiger partial charge in [0.15, 0.2) is 9.84 Å². The highest BCUT2D eigenvalue weighted by Gasteiger charge is 2.42. The minimum absolute atomic E-state index is 0.0112. The van der Waals surface area contributed by atoms with E-state index in [4.69, 9.17) is 4.74 Å². The van der Waals surface area contributed by atoms with E-state index in [9.17, 15) is 13.2 Å². The number of carbonyl (C=O) groups is 1. The Morgan fingerprint density at radius 2 is 1.87 bits per heavy atom. The second-order valence-electron chi connectivity index (χ2n) is 8.05. The first-order valence-electron chi connectivity index (χ1n) is 8.44. The molecule has 0 heterocycles. The summed E-state index contributed by atoms with van der Waals surface area (Å²) in [5, 5.41) is 6.09. The average Bonchev–Trinajstić information content (AvgIpc) is 2.78. The van der Waals surface area contributed by atoms with Gasteiger partial charge >= 0.3 is 6.09 Å². The number of hydrogen-bond donors (Lipinski definition) is 2. The molecule has 0 bridgehead atoms. The molecule has 2 unspecified atom stereocenters. The Morgan fingerprint density at radius 3 is 2.35 bits per heavy atom. The molecule has 2 aliphatic rings. The minimum atomic E-state index is -3.03. The molecular weight excluding hydrogens is 316 g/mol. The number of rotatable bonds is 5. The number of amides is 1. The van der Waals surface area contributed by atoms with E-state index in [-0.39, 0.29) is 16.8 Å². The largest absolute Gasteiger partial charge is 0.444 e. The molecule has 0 radical (unpaired) electrons. The molecule has 23 heavy (non-hydrogen) atoms. The lowest BCUT2D eigenvalue weighted by Crippen LogP contribution is -2.61. The molecular formula is C16H30N2O4S. The van der Waals surface area contributed by atoms with Crippen LogP contribution in [0.15, 0.2) is 0 Å². The Balaban J connectivity index is 1.91. The van der Waals surface area contributed by atoms with E-state index in [2.05, 4.69) is 10.6 Å². The topological polar surface area (TPSA) is 84.5 Å². The molecule has 0 aromatic heterocycles. The zero-order valence-electron chi connectivity index (χ0n) is 14.6. The third kappa shape index (κ3) is 5.08. The standard InChI is InChI=1S/C16H30N2O4S/c1-15(2,3)22-14(19)18-16(9-6-10-16)11-17-12-7-5-8-13(12)23(4,20)21/h12-13,17H,5-11H2,1-4H3,(H,18,19). The SMILES string of the molecule is CC(C)(C)OC(=O)NC1(CNC2CCCC2S(C)(=O)=O)CCC1. The molecule has 0 spiro atoms. The van der Waals surface area contributed by atoms with Gasteiger partial charge in [-0.1, -0.05) is 6.42 Å². The predicted molar refractivity (Wildman–Crippen MR) is 90.2 cm³/mol. The smallest absolute Gasteiger partial charge is 0.408 e. The van der Waals surface area contributed by atoms with Crippen molar-refractivity contribution in [3.8, 4) is 0 Å². The van der Waals surface area contributed by atoms with Crippen LogP contribution in [-0.2, 0) is 14.6 Å². The number of sulfone groups is 1. The van der Waals surface area contributed by atoms with Gasteiger partial charge in [0.05, 0.1) is 10.8 Å². The first-order valence-corrected chi connectivity index (χ1v) is 10.4. The number of alkyl carbamates (subject to hydrolysis) is 1. The molecule has 2 fully saturated rings. The van der Waals surface area contributed by atoms with Gasteiger partial charge in [-0.2, -0.15) is 0 Å². The summed E-state index contributed by atoms with van der Waals surface area (Å²) in [5.74, 6) is 0. The molecule has 0 aromatic carbocycles. The summed E-state index contributed by atoms with van der Waals surface area (Å²) in [6, 6.07) is -0.0112. The molecule has 134 valence electrons. The molecule has 6 nitrogen and oxygen atoms in total. The molecule has 2 aliphatic carbocycles. The lowest BCUT2D eigenvalue weighted by atomic mass is 9.76. The quantitative estimate of drug-likeness (QED) is 0.795. The van der Waals surface area contributed by atoms with Crippen molar-refractivity contribution in [2.24, 2.45) is 0 Å². The predicted octanol–water partition coefficient (Wildman–Crippen LogP) is 1.99. The van der Waals surface area contributed by atoms with E-state index in [0.29, 0.717) is 6.54 Å². The van der Waals surface area contributed by atoms with E-state index < -0.39 is 21.5 Å². The molecule has 2 atom stereocenters. The molecule has 0 aliphatic heterocycles. The van der Waals surface area contributed by atoms with Crippen LogP contribution in [0.1, 0.15) is 59.3 Å². The van der Waals surface area contributed by atoms with Crippen molar-refractivity contribution in [3.05, 3.63) is 0 Å². The second kappa shape index (κ2) is 6.59. The van der Waals surface area contributed by atoms with Gasteiger partial charge in [-0.15, -0.1) is 0 Å². The fourth-order valence-corrected chi connectivity index (χ4v) is 4.89. The lowest BCUT2D eigenvalue weighted by molar-refractivity contribution is 0.0379. The van der Waals surface area contributed by atoms with Crippen LogP contribution in [-0.4, -0.2) is 49.7 Å². The summed E-state index contributed by atoms with van der Waals surface area (Å²) >= 11 is 0. The van der Waals surface area contributed by atoms with Crippen molar-refractivity contribution < 1.29 is 17.9 Å². The van der Waals surface area contributed by atoms with Crippen LogP contribution in [0, 0.1) is 0 Å². The Labute approximate surface area is 139 Å². The summed E-state index contributed by atoms with van der Waals surface area (Å²) in [7, 11) is -3.03. The third-order valence-electron chi connectivity index (χ3n) is 4.78. The Kier molecular flexibility index (Phi) is 5.31. The van der Waals surface area contributed by atoms with Gasteiger partial charge in [0.1, 0.15) is 5.60 Å². The zero-order chi connectivity index (χ0) is 17.3. The van der Waals surface area contributed by atoms with E-state index >= 15 is 0 Å². The lowest BCUT2D eigenvalue weighted by Gasteiger charge is -2.43. The molecule has 0 saturated heterocycles. The van der Waals surface area contributed by atoms with E-state index in [1.807, 2.05) is 20.8 Å². The van der Waals surface area contributed by atoms with Crippen LogP contribution in [0.2, 0.25) is 0 Å². The fraction of sp³-hybridized carbons (Fsp3) is 0.938. The average molecular weight is 346 g/mol. The van der Waals surface area contributed by atoms with Crippen molar-refractivity contribution >= 4 is 15.9 Å². The summed E-state index contributed by atoms with van der Waals surface area (Å²) in [6.45, 7) is 6.12. The van der Waals surface area contributed by atoms with Crippen LogP contribution >= 0.6 is 0 Å². The number of carbonyl (C=O) groups excluding carboxylic acids is 1. The van der Waals surface area contributed by atoms with Gasteiger partial charge in [0.25, 0.3) is 0 Å². The van der Waals surface area contributed by atoms with Crippen LogP contribution in [0.3, 0.4) is 0 Å². The van der Waals surface area contributed by atoms with Crippen LogP contribution in [0.5, 0.6) is 0 Å². The monoisotopic (exact) mass is 346 g/mol. The van der Waals surface area contributed by atoms with Crippen LogP contribution in [0.25, 0.3) is 0 Å². The van der Waals surface area contributed by atoms with Crippen molar-refractivity contribution in [3.63, 3.8) is 0 Å². The maximum absolute atomic E-state index is 12.0. The first kappa shape index (κ1) is 18.5. The highest BCUT2D eigenvalue weighted by molar-refractivity contribution is 7.91. The highest BCUT2D eigenvalue weighted by Crippen LogP contribution is 2.33. The summed E-state index contributed by atoms with van der Waals surface area (Å²) in [4.78, 5) is 12.0. The third-order valence-corrected chi connectivity index (χ3v) is 6.45. The molecule has 7 heteroatoms. The first-order chi connectivity index (χ1) is 10.5. The summed E-state index contributed by atoms with van der Waals surface area (Å²) in [5.41, 5.74) is -0.817. The number of ether oxygens (including phenoxy) is 1. The molecule has 1 amide bonds. The van der Waals surface area contributed by atoms with Gasteiger partial charge in [-0.05, 0) is 52.9 Å². The molecule has 0 aromatic rings. The Bertz CT molecular complexity index is 535. The Morgan fingerprint density at radius 1 is 1.22 bits per heavy atom. The van der Waals surface area contributed by atoms with Crippen molar-refractivity contribution in [2.45, 2.75) is 81.7 Å². The van der Waals surface area contributed by atoms with Gasteiger partial charge in [-0.25, -0.2) is 13.2 Å². The summed E-state index contributed by atoms with van der Waals surface area (Å²) in [6.07, 6.45) is 6.31. The van der Waals surface area contributed by atoms with Crippen molar-refractivity contribution in [1.82, 2.24) is 10.6 Å². The van der Waals surface area contributed by atoms with Gasteiger partial charge in [0, 0.05) is 18.8 Å². The molecule has 2 rings (SSSR count). The van der Waals surface area contributed by atoms with Crippen LogP contribution in [0.4, 0.5) is 4.79 Å². The van der Waals surface area contributed by atoms with E-state index in [1.54, 1.807) is 0 Å². The fourth-order valence-electron chi connectivity index (χ4n) is 3.47. The highest BCUT2D eigenvalue weighted by atomic mass is 32.2. The number of hydrogen-bond acceptors (Lipinski definition) is 5. The molecule has 2 N–H and O–H groups in total. The maximum atomic E-state index is 12.0. The van der Waals surface area contributed by atoms with Gasteiger partial charge in [0.2, 0.25) is 0 Å². The van der Waals surface area contributed by atoms with Crippen molar-refractivity contribution in [2.75, 3.05) is 12.8 Å². The summed E-state index contributed by atoms with van der Waals surface area (Å²) < 4.78 is 29.1. The van der Waals surface area contributed by atoms with E-state index in [0.717, 1.165) is 38.5 Å². The second-order valence-corrected chi connectivity index (χ2v) is 10.3. The van der Waals surface area contributed by atoms with Crippen LogP contribution < -0.4 is 10.6 Å². The maximum Gasteiger partial charge on any atom is 0.408 e. The normalized spacial score (nSPS) is 27.3. The van der Waals surface area contributed by atoms with Gasteiger partial charge < -0.3 is 15.4 Å². The molecule has 2 saturated carbocycles. The Hall–Kier alpha value is -0.820. The van der Waals surface area contributed by atoms with Crippen molar-refractivity contribution in [1.29, 1.82) is 0 Å².